The van der Waals surface area contributed by atoms with Gasteiger partial charge in [0.15, 0.2) is 0 Å². The van der Waals surface area contributed by atoms with Crippen molar-refractivity contribution < 1.29 is 14.3 Å². The van der Waals surface area contributed by atoms with Crippen LogP contribution >= 0.6 is 35.0 Å². The van der Waals surface area contributed by atoms with Crippen LogP contribution in [0.2, 0.25) is 10.0 Å². The van der Waals surface area contributed by atoms with E-state index in [9.17, 15) is 9.59 Å². The SMILES string of the molecule is O=C1C(Sc2ccc(Cl)cc2)=C(N2CCOCC2)C(=O)N1c1ccccc1Cl. The number of nitrogens with zero attached hydrogens (tertiary/aromatic N) is 2. The standard InChI is InChI=1S/C20H16Cl2N2O3S/c21-13-5-7-14(8-6-13)28-18-17(23-9-11-27-12-10-23)19(25)24(20(18)26)16-4-2-1-3-15(16)22/h1-8H,9-12H2. The number of rotatable bonds is 4. The Morgan fingerprint density at radius 3 is 2.25 bits per heavy atom. The molecule has 0 aromatic heterocycles. The van der Waals surface area contributed by atoms with Crippen molar-refractivity contribution in [2.24, 2.45) is 0 Å². The molecule has 5 nitrogen and oxygen atoms in total. The average molecular weight is 435 g/mol. The van der Waals surface area contributed by atoms with Gasteiger partial charge in [0, 0.05) is 23.0 Å². The van der Waals surface area contributed by atoms with E-state index in [0.717, 1.165) is 9.80 Å². The van der Waals surface area contributed by atoms with E-state index in [4.69, 9.17) is 27.9 Å². The Hall–Kier alpha value is -1.99. The number of hydrogen-bond acceptors (Lipinski definition) is 5. The lowest BCUT2D eigenvalue weighted by atomic mass is 10.3. The van der Waals surface area contributed by atoms with Crippen LogP contribution in [0.4, 0.5) is 5.69 Å². The second kappa shape index (κ2) is 8.17. The van der Waals surface area contributed by atoms with Crippen molar-refractivity contribution >= 4 is 52.5 Å². The van der Waals surface area contributed by atoms with Crippen LogP contribution < -0.4 is 4.90 Å². The minimum Gasteiger partial charge on any atom is -0.378 e. The molecule has 0 N–H and O–H groups in total. The summed E-state index contributed by atoms with van der Waals surface area (Å²) in [5, 5.41) is 0.960. The number of anilines is 1. The predicted octanol–water partition coefficient (Wildman–Crippen LogP) is 4.20. The fourth-order valence-electron chi connectivity index (χ4n) is 3.13. The van der Waals surface area contributed by atoms with Crippen molar-refractivity contribution in [3.8, 4) is 0 Å². The maximum atomic E-state index is 13.3. The lowest BCUT2D eigenvalue weighted by Gasteiger charge is -2.29. The molecule has 4 rings (SSSR count). The number of thioether (sulfide) groups is 1. The highest BCUT2D eigenvalue weighted by Gasteiger charge is 2.43. The molecule has 2 aromatic rings. The van der Waals surface area contributed by atoms with Crippen LogP contribution in [-0.2, 0) is 14.3 Å². The Balaban J connectivity index is 1.75. The van der Waals surface area contributed by atoms with Gasteiger partial charge in [-0.2, -0.15) is 0 Å². The van der Waals surface area contributed by atoms with Gasteiger partial charge in [-0.1, -0.05) is 47.1 Å². The Bertz CT molecular complexity index is 956. The highest BCUT2D eigenvalue weighted by molar-refractivity contribution is 8.04. The van der Waals surface area contributed by atoms with Crippen molar-refractivity contribution in [2.45, 2.75) is 4.90 Å². The number of imide groups is 1. The van der Waals surface area contributed by atoms with E-state index < -0.39 is 0 Å². The molecule has 28 heavy (non-hydrogen) atoms. The van der Waals surface area contributed by atoms with E-state index in [0.29, 0.717) is 52.6 Å². The number of carbonyl (C=O) groups excluding carboxylic acids is 2. The summed E-state index contributed by atoms with van der Waals surface area (Å²) in [6.07, 6.45) is 0. The number of ether oxygens (including phenoxy) is 1. The Kier molecular flexibility index (Phi) is 5.64. The molecule has 2 aliphatic heterocycles. The number of carbonyl (C=O) groups is 2. The van der Waals surface area contributed by atoms with Gasteiger partial charge in [0.25, 0.3) is 11.8 Å². The number of amides is 2. The number of benzene rings is 2. The van der Waals surface area contributed by atoms with E-state index in [-0.39, 0.29) is 11.8 Å². The Labute approximate surface area is 176 Å². The van der Waals surface area contributed by atoms with E-state index in [1.54, 1.807) is 36.4 Å². The number of hydrogen-bond donors (Lipinski definition) is 0. The van der Waals surface area contributed by atoms with E-state index >= 15 is 0 Å². The van der Waals surface area contributed by atoms with Crippen molar-refractivity contribution in [3.05, 3.63) is 69.2 Å². The molecular weight excluding hydrogens is 419 g/mol. The van der Waals surface area contributed by atoms with Crippen LogP contribution in [0.1, 0.15) is 0 Å². The molecule has 1 saturated heterocycles. The van der Waals surface area contributed by atoms with Crippen LogP contribution in [0.25, 0.3) is 0 Å². The molecule has 0 saturated carbocycles. The summed E-state index contributed by atoms with van der Waals surface area (Å²) < 4.78 is 5.40. The van der Waals surface area contributed by atoms with Crippen molar-refractivity contribution in [3.63, 3.8) is 0 Å². The van der Waals surface area contributed by atoms with Crippen LogP contribution in [0.15, 0.2) is 64.0 Å². The topological polar surface area (TPSA) is 49.9 Å². The highest BCUT2D eigenvalue weighted by atomic mass is 35.5. The normalized spacial score (nSPS) is 17.6. The molecular formula is C20H16Cl2N2O3S. The van der Waals surface area contributed by atoms with Gasteiger partial charge in [0.1, 0.15) is 10.6 Å². The zero-order valence-electron chi connectivity index (χ0n) is 14.7. The van der Waals surface area contributed by atoms with Crippen molar-refractivity contribution in [1.82, 2.24) is 4.90 Å². The van der Waals surface area contributed by atoms with E-state index in [1.165, 1.54) is 11.8 Å². The van der Waals surface area contributed by atoms with Gasteiger partial charge in [0.2, 0.25) is 0 Å². The van der Waals surface area contributed by atoms with Crippen LogP contribution in [-0.4, -0.2) is 43.0 Å². The zero-order chi connectivity index (χ0) is 19.7. The monoisotopic (exact) mass is 434 g/mol. The minimum absolute atomic E-state index is 0.350. The molecule has 2 aliphatic rings. The largest absolute Gasteiger partial charge is 0.378 e. The van der Waals surface area contributed by atoms with Crippen LogP contribution in [0.3, 0.4) is 0 Å². The molecule has 144 valence electrons. The van der Waals surface area contributed by atoms with Crippen LogP contribution in [0.5, 0.6) is 0 Å². The van der Waals surface area contributed by atoms with Crippen molar-refractivity contribution in [1.29, 1.82) is 0 Å². The third kappa shape index (κ3) is 3.65. The van der Waals surface area contributed by atoms with Gasteiger partial charge in [-0.05, 0) is 36.4 Å². The molecule has 0 spiro atoms. The first kappa shape index (κ1) is 19.3. The molecule has 0 bridgehead atoms. The fourth-order valence-corrected chi connectivity index (χ4v) is 4.47. The summed E-state index contributed by atoms with van der Waals surface area (Å²) >= 11 is 13.5. The minimum atomic E-state index is -0.375. The molecule has 2 amide bonds. The Morgan fingerprint density at radius 1 is 0.893 bits per heavy atom. The third-order valence-electron chi connectivity index (χ3n) is 4.47. The number of morpholine rings is 1. The summed E-state index contributed by atoms with van der Waals surface area (Å²) in [6, 6.07) is 14.0. The molecule has 2 aromatic carbocycles. The molecule has 0 radical (unpaired) electrons. The molecule has 2 heterocycles. The summed E-state index contributed by atoms with van der Waals surface area (Å²) in [7, 11) is 0. The van der Waals surface area contributed by atoms with Gasteiger partial charge >= 0.3 is 0 Å². The second-order valence-electron chi connectivity index (χ2n) is 6.23. The maximum absolute atomic E-state index is 13.3. The summed E-state index contributed by atoms with van der Waals surface area (Å²) in [5.41, 5.74) is 0.782. The summed E-state index contributed by atoms with van der Waals surface area (Å²) in [5.74, 6) is -0.740. The van der Waals surface area contributed by atoms with Gasteiger partial charge in [0.05, 0.1) is 23.9 Å². The molecule has 0 unspecified atom stereocenters. The zero-order valence-corrected chi connectivity index (χ0v) is 17.1. The van der Waals surface area contributed by atoms with Gasteiger partial charge in [-0.25, -0.2) is 4.90 Å². The van der Waals surface area contributed by atoms with Gasteiger partial charge < -0.3 is 9.64 Å². The van der Waals surface area contributed by atoms with E-state index in [2.05, 4.69) is 0 Å². The highest BCUT2D eigenvalue weighted by Crippen LogP contribution is 2.40. The van der Waals surface area contributed by atoms with Gasteiger partial charge in [-0.3, -0.25) is 9.59 Å². The maximum Gasteiger partial charge on any atom is 0.283 e. The fraction of sp³-hybridized carbons (Fsp3) is 0.200. The second-order valence-corrected chi connectivity index (χ2v) is 8.16. The quantitative estimate of drug-likeness (QED) is 0.674. The third-order valence-corrected chi connectivity index (χ3v) is 6.12. The van der Waals surface area contributed by atoms with Gasteiger partial charge in [-0.15, -0.1) is 0 Å². The number of para-hydroxylation sites is 1. The first-order chi connectivity index (χ1) is 13.6. The summed E-state index contributed by atoms with van der Waals surface area (Å²) in [6.45, 7) is 2.12. The van der Waals surface area contributed by atoms with E-state index in [1.807, 2.05) is 17.0 Å². The molecule has 0 aliphatic carbocycles. The smallest absolute Gasteiger partial charge is 0.283 e. The van der Waals surface area contributed by atoms with Crippen LogP contribution in [0, 0.1) is 0 Å². The molecule has 1 fully saturated rings. The van der Waals surface area contributed by atoms with Crippen molar-refractivity contribution in [2.75, 3.05) is 31.2 Å². The first-order valence-electron chi connectivity index (χ1n) is 8.70. The predicted molar refractivity (Wildman–Crippen MR) is 111 cm³/mol. The lowest BCUT2D eigenvalue weighted by molar-refractivity contribution is -0.121. The lowest BCUT2D eigenvalue weighted by Crippen LogP contribution is -2.40. The molecule has 8 heteroatoms. The Morgan fingerprint density at radius 2 is 1.57 bits per heavy atom. The summed E-state index contributed by atoms with van der Waals surface area (Å²) in [4.78, 5) is 30.9. The molecule has 0 atom stereocenters. The number of halogens is 2. The average Bonchev–Trinajstić information content (AvgIpc) is 2.95. The first-order valence-corrected chi connectivity index (χ1v) is 10.3.